The van der Waals surface area contributed by atoms with E-state index in [4.69, 9.17) is 5.11 Å². The summed E-state index contributed by atoms with van der Waals surface area (Å²) in [5.74, 6) is 1.09. The fraction of sp³-hybridized carbons (Fsp3) is 0.517. The summed E-state index contributed by atoms with van der Waals surface area (Å²) in [5, 5.41) is 25.9. The predicted molar refractivity (Wildman–Crippen MR) is 146 cm³/mol. The van der Waals surface area contributed by atoms with Crippen molar-refractivity contribution in [3.8, 4) is 0 Å². The van der Waals surface area contributed by atoms with E-state index in [1.165, 1.54) is 4.68 Å². The number of aromatic nitrogens is 2. The molecular weight excluding hydrogens is 502 g/mol. The summed E-state index contributed by atoms with van der Waals surface area (Å²) in [6.07, 6.45) is 15.0. The Hall–Kier alpha value is -2.75. The molecule has 5 rings (SSSR count). The highest BCUT2D eigenvalue weighted by atomic mass is 32.2. The number of aliphatic hydroxyl groups is 2. The third kappa shape index (κ3) is 6.81. The second kappa shape index (κ2) is 11.6. The molecule has 3 fully saturated rings. The number of hydrogen-bond donors (Lipinski definition) is 3. The van der Waals surface area contributed by atoms with Crippen molar-refractivity contribution >= 4 is 27.1 Å². The molecule has 204 valence electrons. The Balaban J connectivity index is 1.41. The minimum absolute atomic E-state index is 0.00145. The summed E-state index contributed by atoms with van der Waals surface area (Å²) in [7, 11) is -3.46. The smallest absolute Gasteiger partial charge is 0.257 e. The Bertz CT molecular complexity index is 1320. The Morgan fingerprint density at radius 1 is 1.11 bits per heavy atom. The van der Waals surface area contributed by atoms with Gasteiger partial charge in [-0.2, -0.15) is 5.10 Å². The fourth-order valence-electron chi connectivity index (χ4n) is 5.12. The van der Waals surface area contributed by atoms with E-state index >= 15 is 0 Å². The van der Waals surface area contributed by atoms with Crippen LogP contribution in [0.5, 0.6) is 0 Å². The molecule has 0 spiro atoms. The van der Waals surface area contributed by atoms with Crippen molar-refractivity contribution < 1.29 is 23.4 Å². The van der Waals surface area contributed by atoms with Gasteiger partial charge in [-0.25, -0.2) is 8.42 Å². The molecule has 1 heterocycles. The normalized spacial score (nSPS) is 19.8. The van der Waals surface area contributed by atoms with Crippen LogP contribution in [0, 0.1) is 11.8 Å². The number of anilines is 1. The molecule has 1 aromatic carbocycles. The van der Waals surface area contributed by atoms with Gasteiger partial charge in [0, 0.05) is 17.8 Å². The second-order valence-electron chi connectivity index (χ2n) is 10.9. The summed E-state index contributed by atoms with van der Waals surface area (Å²) < 4.78 is 27.9. The van der Waals surface area contributed by atoms with Gasteiger partial charge < -0.3 is 15.5 Å². The van der Waals surface area contributed by atoms with E-state index in [2.05, 4.69) is 10.4 Å². The highest BCUT2D eigenvalue weighted by molar-refractivity contribution is 7.91. The first kappa shape index (κ1) is 26.8. The van der Waals surface area contributed by atoms with E-state index in [9.17, 15) is 18.3 Å². The lowest BCUT2D eigenvalue weighted by Crippen LogP contribution is -2.20. The molecule has 0 saturated heterocycles. The second-order valence-corrected chi connectivity index (χ2v) is 12.9. The Labute approximate surface area is 224 Å². The number of sulfone groups is 1. The van der Waals surface area contributed by atoms with Crippen molar-refractivity contribution in [2.24, 2.45) is 11.8 Å². The number of amides is 1. The summed E-state index contributed by atoms with van der Waals surface area (Å²) in [5.41, 5.74) is 2.06. The molecule has 1 unspecified atom stereocenters. The predicted octanol–water partition coefficient (Wildman–Crippen LogP) is 4.07. The standard InChI is InChI=1S/C29H37N3O5S/c33-19-24(34)18-32-14-13-28(31-32)30-29(35)26(16-21-4-1-2-5-21)23-11-12-27(25(17-23)22-9-10-22)38(36,37)15-3-6-20-7-8-20/h3,6,11-14,16-17,20-22,24,33-34H,1-2,4-5,7-10,15,18-19H2,(H,30,31,35)/b6-3?,26-16+. The van der Waals surface area contributed by atoms with Crippen molar-refractivity contribution in [1.82, 2.24) is 9.78 Å². The fourth-order valence-corrected chi connectivity index (χ4v) is 6.52. The van der Waals surface area contributed by atoms with Crippen molar-refractivity contribution in [2.75, 3.05) is 17.7 Å². The number of nitrogens with one attached hydrogen (secondary N) is 1. The number of allylic oxidation sites excluding steroid dienone is 2. The van der Waals surface area contributed by atoms with Gasteiger partial charge in [-0.3, -0.25) is 9.48 Å². The van der Waals surface area contributed by atoms with Crippen LogP contribution in [0.3, 0.4) is 0 Å². The average Bonchev–Trinajstić information content (AvgIpc) is 3.82. The average molecular weight is 540 g/mol. The monoisotopic (exact) mass is 539 g/mol. The van der Waals surface area contributed by atoms with Crippen molar-refractivity contribution in [2.45, 2.75) is 74.8 Å². The van der Waals surface area contributed by atoms with Gasteiger partial charge in [0.05, 0.1) is 29.9 Å². The molecule has 0 bridgehead atoms. The van der Waals surface area contributed by atoms with Crippen molar-refractivity contribution in [3.63, 3.8) is 0 Å². The molecule has 2 aromatic rings. The molecule has 0 radical (unpaired) electrons. The number of hydrogen-bond acceptors (Lipinski definition) is 6. The zero-order valence-corrected chi connectivity index (χ0v) is 22.4. The van der Waals surface area contributed by atoms with Crippen LogP contribution in [0.2, 0.25) is 0 Å². The maximum atomic E-state index is 13.5. The molecule has 9 heteroatoms. The lowest BCUT2D eigenvalue weighted by atomic mass is 9.96. The van der Waals surface area contributed by atoms with E-state index in [0.29, 0.717) is 28.1 Å². The summed E-state index contributed by atoms with van der Waals surface area (Å²) in [4.78, 5) is 13.9. The first-order chi connectivity index (χ1) is 18.3. The first-order valence-corrected chi connectivity index (χ1v) is 15.4. The molecule has 1 atom stereocenters. The molecule has 0 aliphatic heterocycles. The maximum absolute atomic E-state index is 13.5. The van der Waals surface area contributed by atoms with Crippen LogP contribution >= 0.6 is 0 Å². The van der Waals surface area contributed by atoms with Gasteiger partial charge in [0.1, 0.15) is 0 Å². The van der Waals surface area contributed by atoms with Gasteiger partial charge in [0.2, 0.25) is 0 Å². The van der Waals surface area contributed by atoms with E-state index in [0.717, 1.165) is 62.5 Å². The highest BCUT2D eigenvalue weighted by Crippen LogP contribution is 2.44. The molecule has 1 aromatic heterocycles. The largest absolute Gasteiger partial charge is 0.394 e. The Morgan fingerprint density at radius 3 is 2.55 bits per heavy atom. The zero-order valence-electron chi connectivity index (χ0n) is 21.6. The van der Waals surface area contributed by atoms with Crippen molar-refractivity contribution in [1.29, 1.82) is 0 Å². The molecule has 1 amide bonds. The Morgan fingerprint density at radius 2 is 1.87 bits per heavy atom. The van der Waals surface area contributed by atoms with Crippen LogP contribution in [-0.4, -0.2) is 52.8 Å². The molecule has 8 nitrogen and oxygen atoms in total. The van der Waals surface area contributed by atoms with Crippen LogP contribution in [0.15, 0.2) is 53.6 Å². The van der Waals surface area contributed by atoms with Gasteiger partial charge in [-0.15, -0.1) is 0 Å². The van der Waals surface area contributed by atoms with Crippen LogP contribution in [0.1, 0.15) is 68.4 Å². The van der Waals surface area contributed by atoms with Gasteiger partial charge in [0.25, 0.3) is 5.91 Å². The summed E-state index contributed by atoms with van der Waals surface area (Å²) in [6, 6.07) is 7.01. The molecule has 3 aliphatic carbocycles. The van der Waals surface area contributed by atoms with E-state index in [-0.39, 0.29) is 30.7 Å². The van der Waals surface area contributed by atoms with Gasteiger partial charge >= 0.3 is 0 Å². The van der Waals surface area contributed by atoms with Gasteiger partial charge in [0.15, 0.2) is 15.7 Å². The number of carbonyl (C=O) groups excluding carboxylic acids is 1. The van der Waals surface area contributed by atoms with E-state index < -0.39 is 15.9 Å². The molecule has 3 saturated carbocycles. The minimum Gasteiger partial charge on any atom is -0.394 e. The number of rotatable bonds is 12. The molecule has 3 N–H and O–H groups in total. The summed E-state index contributed by atoms with van der Waals surface area (Å²) in [6.45, 7) is -0.255. The number of benzene rings is 1. The number of carbonyl (C=O) groups is 1. The van der Waals surface area contributed by atoms with Crippen LogP contribution in [-0.2, 0) is 21.2 Å². The van der Waals surface area contributed by atoms with E-state index in [1.807, 2.05) is 18.2 Å². The maximum Gasteiger partial charge on any atom is 0.257 e. The van der Waals surface area contributed by atoms with E-state index in [1.54, 1.807) is 30.5 Å². The first-order valence-electron chi connectivity index (χ1n) is 13.7. The van der Waals surface area contributed by atoms with Crippen LogP contribution in [0.25, 0.3) is 5.57 Å². The quantitative estimate of drug-likeness (QED) is 0.276. The van der Waals surface area contributed by atoms with Crippen molar-refractivity contribution in [3.05, 3.63) is 59.8 Å². The van der Waals surface area contributed by atoms with Gasteiger partial charge in [-0.05, 0) is 79.5 Å². The minimum atomic E-state index is -3.46. The molecular formula is C29H37N3O5S. The SMILES string of the molecule is O=C(Nc1ccn(CC(O)CO)n1)/C(=C/C1CCCC1)c1ccc(S(=O)(=O)CC=CC2CC2)c(C2CC2)c1. The third-order valence-electron chi connectivity index (χ3n) is 7.56. The summed E-state index contributed by atoms with van der Waals surface area (Å²) >= 11 is 0. The molecule has 38 heavy (non-hydrogen) atoms. The Kier molecular flexibility index (Phi) is 8.16. The topological polar surface area (TPSA) is 122 Å². The highest BCUT2D eigenvalue weighted by Gasteiger charge is 2.31. The van der Waals surface area contributed by atoms with Crippen LogP contribution in [0.4, 0.5) is 5.82 Å². The number of nitrogens with zero attached hydrogens (tertiary/aromatic N) is 2. The lowest BCUT2D eigenvalue weighted by Gasteiger charge is -2.15. The molecule has 3 aliphatic rings. The zero-order chi connectivity index (χ0) is 26.7. The third-order valence-corrected chi connectivity index (χ3v) is 9.23. The lowest BCUT2D eigenvalue weighted by molar-refractivity contribution is -0.111. The number of aliphatic hydroxyl groups excluding tert-OH is 2. The van der Waals surface area contributed by atoms with Gasteiger partial charge in [-0.1, -0.05) is 37.1 Å². The van der Waals surface area contributed by atoms with Crippen LogP contribution < -0.4 is 5.32 Å².